The number of rotatable bonds is 11. The third-order valence-electron chi connectivity index (χ3n) is 8.58. The van der Waals surface area contributed by atoms with Gasteiger partial charge in [0.25, 0.3) is 0 Å². The Morgan fingerprint density at radius 2 is 1.50 bits per heavy atom. The van der Waals surface area contributed by atoms with E-state index in [1.807, 2.05) is 60.7 Å². The van der Waals surface area contributed by atoms with Gasteiger partial charge in [-0.1, -0.05) is 92.1 Å². The number of carbonyl (C=O) groups excluding carboxylic acids is 1. The number of likely N-dealkylation sites (tertiary alicyclic amines) is 1. The van der Waals surface area contributed by atoms with Gasteiger partial charge in [0.1, 0.15) is 0 Å². The van der Waals surface area contributed by atoms with Gasteiger partial charge in [0, 0.05) is 31.5 Å². The predicted octanol–water partition coefficient (Wildman–Crippen LogP) is 6.14. The molecule has 0 saturated carbocycles. The van der Waals surface area contributed by atoms with Crippen LogP contribution in [0.5, 0.6) is 0 Å². The van der Waals surface area contributed by atoms with Crippen molar-refractivity contribution in [1.29, 1.82) is 0 Å². The molecule has 8 heteroatoms. The van der Waals surface area contributed by atoms with E-state index in [-0.39, 0.29) is 37.6 Å². The zero-order valence-corrected chi connectivity index (χ0v) is 25.3. The lowest BCUT2D eigenvalue weighted by atomic mass is 9.97. The van der Waals surface area contributed by atoms with Crippen molar-refractivity contribution in [3.05, 3.63) is 95.1 Å². The van der Waals surface area contributed by atoms with Crippen LogP contribution >= 0.6 is 0 Å². The maximum atomic E-state index is 12.1. The van der Waals surface area contributed by atoms with Crippen LogP contribution in [-0.4, -0.2) is 52.7 Å². The Morgan fingerprint density at radius 3 is 2.20 bits per heavy atom. The number of carbonyl (C=O) groups is 2. The van der Waals surface area contributed by atoms with Crippen LogP contribution in [0.1, 0.15) is 86.0 Å². The van der Waals surface area contributed by atoms with Crippen LogP contribution in [0.3, 0.4) is 0 Å². The zero-order chi connectivity index (χ0) is 30.7. The van der Waals surface area contributed by atoms with E-state index in [2.05, 4.69) is 22.3 Å². The molecule has 3 aromatic carbocycles. The lowest BCUT2D eigenvalue weighted by Gasteiger charge is -2.39. The van der Waals surface area contributed by atoms with Crippen LogP contribution < -0.4 is 5.32 Å². The van der Waals surface area contributed by atoms with Gasteiger partial charge in [0.15, 0.2) is 6.29 Å². The number of hydrogen-bond acceptors (Lipinski definition) is 6. The molecular weight excluding hydrogens is 556 g/mol. The van der Waals surface area contributed by atoms with E-state index in [9.17, 15) is 14.7 Å². The molecule has 2 aliphatic heterocycles. The summed E-state index contributed by atoms with van der Waals surface area (Å²) in [6.07, 6.45) is 6.32. The van der Waals surface area contributed by atoms with Crippen molar-refractivity contribution in [3.63, 3.8) is 0 Å². The van der Waals surface area contributed by atoms with Crippen LogP contribution in [-0.2, 0) is 32.2 Å². The topological polar surface area (TPSA) is 108 Å². The summed E-state index contributed by atoms with van der Waals surface area (Å²) in [7, 11) is 0. The highest BCUT2D eigenvalue weighted by molar-refractivity contribution is 5.80. The Hall–Kier alpha value is -3.56. The quantitative estimate of drug-likeness (QED) is 0.243. The van der Waals surface area contributed by atoms with Crippen LogP contribution in [0.4, 0.5) is 0 Å². The number of benzene rings is 3. The second kappa shape index (κ2) is 16.0. The van der Waals surface area contributed by atoms with Crippen molar-refractivity contribution in [3.8, 4) is 11.1 Å². The molecule has 0 spiro atoms. The number of aliphatic hydroxyl groups excluding tert-OH is 1. The highest BCUT2D eigenvalue weighted by Gasteiger charge is 2.33. The van der Waals surface area contributed by atoms with Crippen molar-refractivity contribution in [2.24, 2.45) is 0 Å². The van der Waals surface area contributed by atoms with E-state index in [0.717, 1.165) is 59.4 Å². The SMILES string of the molecule is O=C(O)CCC(=O)NCc1ccccc1-c1ccc([C@@H]2O[C@H](CN3CCCCCCC3)C[C@H](c3ccc(CO)cc3)O2)cc1. The normalized spacial score (nSPS) is 21.2. The van der Waals surface area contributed by atoms with Gasteiger partial charge in [-0.3, -0.25) is 9.59 Å². The summed E-state index contributed by atoms with van der Waals surface area (Å²) in [4.78, 5) is 25.5. The molecule has 2 saturated heterocycles. The van der Waals surface area contributed by atoms with Gasteiger partial charge >= 0.3 is 5.97 Å². The largest absolute Gasteiger partial charge is 0.481 e. The average molecular weight is 601 g/mol. The molecular formula is C36H44N2O6. The van der Waals surface area contributed by atoms with Crippen molar-refractivity contribution >= 4 is 11.9 Å². The Balaban J connectivity index is 1.31. The highest BCUT2D eigenvalue weighted by atomic mass is 16.7. The molecule has 8 nitrogen and oxygen atoms in total. The fourth-order valence-electron chi connectivity index (χ4n) is 6.10. The highest BCUT2D eigenvalue weighted by Crippen LogP contribution is 2.39. The van der Waals surface area contributed by atoms with Crippen LogP contribution in [0.25, 0.3) is 11.1 Å². The smallest absolute Gasteiger partial charge is 0.303 e. The minimum atomic E-state index is -0.985. The van der Waals surface area contributed by atoms with Crippen LogP contribution in [0, 0.1) is 0 Å². The first-order valence-corrected chi connectivity index (χ1v) is 15.9. The summed E-state index contributed by atoms with van der Waals surface area (Å²) in [5.41, 5.74) is 5.87. The lowest BCUT2D eigenvalue weighted by molar-refractivity contribution is -0.253. The Morgan fingerprint density at radius 1 is 0.818 bits per heavy atom. The van der Waals surface area contributed by atoms with E-state index in [1.165, 1.54) is 32.1 Å². The number of ether oxygens (including phenoxy) is 2. The molecule has 2 aliphatic rings. The molecule has 3 atom stereocenters. The molecule has 2 fully saturated rings. The van der Waals surface area contributed by atoms with Gasteiger partial charge in [-0.25, -0.2) is 0 Å². The van der Waals surface area contributed by atoms with Gasteiger partial charge in [0.2, 0.25) is 5.91 Å². The van der Waals surface area contributed by atoms with Gasteiger partial charge in [-0.05, 0) is 53.7 Å². The van der Waals surface area contributed by atoms with E-state index >= 15 is 0 Å². The second-order valence-corrected chi connectivity index (χ2v) is 11.9. The monoisotopic (exact) mass is 600 g/mol. The first-order valence-electron chi connectivity index (χ1n) is 15.9. The summed E-state index contributed by atoms with van der Waals surface area (Å²) in [6, 6.07) is 24.1. The number of amides is 1. The van der Waals surface area contributed by atoms with Gasteiger partial charge in [-0.15, -0.1) is 0 Å². The molecule has 234 valence electrons. The molecule has 2 heterocycles. The lowest BCUT2D eigenvalue weighted by Crippen LogP contribution is -2.40. The number of nitrogens with one attached hydrogen (secondary N) is 1. The summed E-state index contributed by atoms with van der Waals surface area (Å²) in [5, 5.41) is 21.2. The molecule has 0 radical (unpaired) electrons. The minimum absolute atomic E-state index is 0.0156. The van der Waals surface area contributed by atoms with Crippen LogP contribution in [0.15, 0.2) is 72.8 Å². The van der Waals surface area contributed by atoms with Crippen molar-refractivity contribution < 1.29 is 29.3 Å². The average Bonchev–Trinajstić information content (AvgIpc) is 3.04. The number of carboxylic acid groups (broad SMARTS) is 1. The molecule has 0 aromatic heterocycles. The summed E-state index contributed by atoms with van der Waals surface area (Å²) in [5.74, 6) is -1.27. The van der Waals surface area contributed by atoms with Crippen LogP contribution in [0.2, 0.25) is 0 Å². The molecule has 1 amide bonds. The maximum Gasteiger partial charge on any atom is 0.303 e. The third-order valence-corrected chi connectivity index (χ3v) is 8.58. The molecule has 3 N–H and O–H groups in total. The molecule has 44 heavy (non-hydrogen) atoms. The van der Waals surface area contributed by atoms with Crippen molar-refractivity contribution in [2.75, 3.05) is 19.6 Å². The molecule has 3 aromatic rings. The van der Waals surface area contributed by atoms with E-state index in [4.69, 9.17) is 14.6 Å². The van der Waals surface area contributed by atoms with Gasteiger partial charge < -0.3 is 29.9 Å². The standard InChI is InChI=1S/C36H44N2O6/c39-25-26-10-12-28(13-11-26)33-22-31(24-38-20-6-2-1-3-7-21-38)43-36(44-33)29-16-14-27(15-17-29)32-9-5-4-8-30(32)23-37-34(40)18-19-35(41)42/h4-5,8-17,31,33,36,39H,1-3,6-7,18-25H2,(H,37,40)(H,41,42)/t31-,33+,36+/m0/s1. The van der Waals surface area contributed by atoms with Gasteiger partial charge in [-0.2, -0.15) is 0 Å². The number of aliphatic hydroxyl groups is 1. The Labute approximate surface area is 260 Å². The minimum Gasteiger partial charge on any atom is -0.481 e. The fraction of sp³-hybridized carbons (Fsp3) is 0.444. The summed E-state index contributed by atoms with van der Waals surface area (Å²) >= 11 is 0. The third kappa shape index (κ3) is 8.99. The van der Waals surface area contributed by atoms with E-state index < -0.39 is 12.3 Å². The number of nitrogens with zero attached hydrogens (tertiary/aromatic N) is 1. The fourth-order valence-corrected chi connectivity index (χ4v) is 6.10. The Kier molecular flexibility index (Phi) is 11.5. The molecule has 0 bridgehead atoms. The number of hydrogen-bond donors (Lipinski definition) is 3. The zero-order valence-electron chi connectivity index (χ0n) is 25.3. The van der Waals surface area contributed by atoms with Gasteiger partial charge in [0.05, 0.1) is 25.2 Å². The molecule has 0 unspecified atom stereocenters. The van der Waals surface area contributed by atoms with Crippen molar-refractivity contribution in [2.45, 2.75) is 83.0 Å². The summed E-state index contributed by atoms with van der Waals surface area (Å²) < 4.78 is 13.2. The van der Waals surface area contributed by atoms with Crippen molar-refractivity contribution in [1.82, 2.24) is 10.2 Å². The first kappa shape index (κ1) is 31.9. The predicted molar refractivity (Wildman–Crippen MR) is 169 cm³/mol. The van der Waals surface area contributed by atoms with E-state index in [0.29, 0.717) is 6.54 Å². The number of aliphatic carboxylic acids is 1. The van der Waals surface area contributed by atoms with E-state index in [1.54, 1.807) is 0 Å². The Bertz CT molecular complexity index is 1350. The summed E-state index contributed by atoms with van der Waals surface area (Å²) in [6.45, 7) is 3.43. The first-order chi connectivity index (χ1) is 21.5. The molecule has 5 rings (SSSR count). The molecule has 0 aliphatic carbocycles. The maximum absolute atomic E-state index is 12.1. The second-order valence-electron chi connectivity index (χ2n) is 11.9. The number of carboxylic acids is 1.